The van der Waals surface area contributed by atoms with E-state index in [4.69, 9.17) is 9.47 Å². The second kappa shape index (κ2) is 9.76. The molecule has 10 heteroatoms. The summed E-state index contributed by atoms with van der Waals surface area (Å²) < 4.78 is 25.1. The number of nitrogens with one attached hydrogen (secondary N) is 2. The van der Waals surface area contributed by atoms with Crippen molar-refractivity contribution in [3.05, 3.63) is 47.5 Å². The molecule has 1 aromatic heterocycles. The zero-order chi connectivity index (χ0) is 25.3. The Morgan fingerprint density at radius 1 is 1.28 bits per heavy atom. The summed E-state index contributed by atoms with van der Waals surface area (Å²) in [7, 11) is 1.58. The van der Waals surface area contributed by atoms with E-state index in [9.17, 15) is 19.1 Å². The van der Waals surface area contributed by atoms with Crippen molar-refractivity contribution in [2.45, 2.75) is 43.4 Å². The smallest absolute Gasteiger partial charge is 0.270 e. The molecule has 2 fully saturated rings. The molecule has 3 N–H and O–H groups in total. The first-order valence-electron chi connectivity index (χ1n) is 11.9. The van der Waals surface area contributed by atoms with Crippen LogP contribution in [0.1, 0.15) is 41.7 Å². The molecule has 2 aliphatic heterocycles. The van der Waals surface area contributed by atoms with Crippen LogP contribution >= 0.6 is 0 Å². The van der Waals surface area contributed by atoms with E-state index in [0.717, 1.165) is 31.9 Å². The standard InChI is InChI=1S/C26H27FN4O5/c1-31-22-10-16(8-9-26(34)14-35-15-26)6-7-23(22)36-13-21(25(31)33)30-24(32)20-11-19(18(27)12-28-20)29-17-4-2-3-5-17/h6-7,10-12,17,21,34H,2-5,13-15H2,1H3,(H,28,29)(H,30,32)/t21-/m0/s1. The summed E-state index contributed by atoms with van der Waals surface area (Å²) in [6.07, 6.45) is 5.08. The zero-order valence-electron chi connectivity index (χ0n) is 19.8. The predicted molar refractivity (Wildman–Crippen MR) is 129 cm³/mol. The average Bonchev–Trinajstić information content (AvgIpc) is 3.34. The van der Waals surface area contributed by atoms with Gasteiger partial charge in [0.1, 0.15) is 24.1 Å². The van der Waals surface area contributed by atoms with Gasteiger partial charge in [-0.15, -0.1) is 0 Å². The van der Waals surface area contributed by atoms with Gasteiger partial charge < -0.3 is 30.1 Å². The maximum absolute atomic E-state index is 14.3. The number of hydrogen-bond donors (Lipinski definition) is 3. The van der Waals surface area contributed by atoms with E-state index in [1.165, 1.54) is 11.0 Å². The number of anilines is 2. The highest BCUT2D eigenvalue weighted by Crippen LogP contribution is 2.32. The molecular formula is C26H27FN4O5. The molecule has 1 atom stereocenters. The Kier molecular flexibility index (Phi) is 6.51. The Morgan fingerprint density at radius 2 is 2.06 bits per heavy atom. The number of aromatic nitrogens is 1. The molecule has 188 valence electrons. The topological polar surface area (TPSA) is 113 Å². The number of rotatable bonds is 4. The summed E-state index contributed by atoms with van der Waals surface area (Å²) in [5.41, 5.74) is 0.161. The number of carbonyl (C=O) groups excluding carboxylic acids is 2. The number of amides is 2. The summed E-state index contributed by atoms with van der Waals surface area (Å²) in [5.74, 6) is 4.63. The van der Waals surface area contributed by atoms with Crippen molar-refractivity contribution < 1.29 is 28.6 Å². The molecule has 1 saturated heterocycles. The van der Waals surface area contributed by atoms with E-state index in [1.54, 1.807) is 25.2 Å². The van der Waals surface area contributed by atoms with Crippen LogP contribution < -0.4 is 20.3 Å². The van der Waals surface area contributed by atoms with Gasteiger partial charge in [-0.25, -0.2) is 9.37 Å². The van der Waals surface area contributed by atoms with Gasteiger partial charge in [-0.1, -0.05) is 24.7 Å². The molecule has 1 aliphatic carbocycles. The minimum Gasteiger partial charge on any atom is -0.489 e. The maximum atomic E-state index is 14.3. The first-order chi connectivity index (χ1) is 17.3. The average molecular weight is 495 g/mol. The van der Waals surface area contributed by atoms with Gasteiger partial charge in [-0.05, 0) is 37.1 Å². The number of benzene rings is 1. The SMILES string of the molecule is CN1C(=O)[C@@H](NC(=O)c2cc(NC3CCCC3)c(F)cn2)COc2ccc(C#CC3(O)COC3)cc21. The van der Waals surface area contributed by atoms with Gasteiger partial charge in [-0.2, -0.15) is 0 Å². The Hall–Kier alpha value is -3.68. The zero-order valence-corrected chi connectivity index (χ0v) is 19.8. The van der Waals surface area contributed by atoms with Gasteiger partial charge in [0.05, 0.1) is 30.8 Å². The van der Waals surface area contributed by atoms with Crippen LogP contribution in [0.2, 0.25) is 0 Å². The molecule has 1 aromatic carbocycles. The maximum Gasteiger partial charge on any atom is 0.270 e. The van der Waals surface area contributed by atoms with Crippen molar-refractivity contribution in [1.29, 1.82) is 0 Å². The van der Waals surface area contributed by atoms with E-state index in [0.29, 0.717) is 17.0 Å². The number of hydrogen-bond acceptors (Lipinski definition) is 7. The molecule has 1 saturated carbocycles. The number of halogens is 1. The van der Waals surface area contributed by atoms with E-state index >= 15 is 0 Å². The molecular weight excluding hydrogens is 467 g/mol. The lowest BCUT2D eigenvalue weighted by Gasteiger charge is -2.30. The number of nitrogens with zero attached hydrogens (tertiary/aromatic N) is 2. The van der Waals surface area contributed by atoms with E-state index in [-0.39, 0.29) is 43.2 Å². The van der Waals surface area contributed by atoms with Crippen LogP contribution in [0.25, 0.3) is 0 Å². The Labute approximate surface area is 208 Å². The molecule has 36 heavy (non-hydrogen) atoms. The Bertz CT molecular complexity index is 1250. The number of aliphatic hydroxyl groups is 1. The third-order valence-corrected chi connectivity index (χ3v) is 6.58. The highest BCUT2D eigenvalue weighted by atomic mass is 19.1. The second-order valence-electron chi connectivity index (χ2n) is 9.37. The van der Waals surface area contributed by atoms with E-state index in [2.05, 4.69) is 27.5 Å². The quantitative estimate of drug-likeness (QED) is 0.556. The van der Waals surface area contributed by atoms with Gasteiger partial charge >= 0.3 is 0 Å². The lowest BCUT2D eigenvalue weighted by Crippen LogP contribution is -2.49. The minimum atomic E-state index is -1.15. The first kappa shape index (κ1) is 24.0. The van der Waals surface area contributed by atoms with Gasteiger partial charge in [-0.3, -0.25) is 9.59 Å². The minimum absolute atomic E-state index is 0.00424. The highest BCUT2D eigenvalue weighted by Gasteiger charge is 2.34. The van der Waals surface area contributed by atoms with Crippen LogP contribution in [-0.2, 0) is 9.53 Å². The fraction of sp³-hybridized carbons (Fsp3) is 0.423. The highest BCUT2D eigenvalue weighted by molar-refractivity contribution is 6.03. The summed E-state index contributed by atoms with van der Waals surface area (Å²) in [6, 6.07) is 5.67. The van der Waals surface area contributed by atoms with Gasteiger partial charge in [0.2, 0.25) is 0 Å². The molecule has 5 rings (SSSR count). The number of pyridine rings is 1. The van der Waals surface area contributed by atoms with Crippen molar-refractivity contribution in [3.63, 3.8) is 0 Å². The van der Waals surface area contributed by atoms with Crippen LogP contribution in [-0.4, -0.2) is 66.5 Å². The van der Waals surface area contributed by atoms with E-state index in [1.807, 2.05) is 0 Å². The normalized spacial score (nSPS) is 20.8. The van der Waals surface area contributed by atoms with Crippen molar-refractivity contribution in [3.8, 4) is 17.6 Å². The van der Waals surface area contributed by atoms with Crippen LogP contribution in [0, 0.1) is 17.7 Å². The number of ether oxygens (including phenoxy) is 2. The molecule has 0 unspecified atom stereocenters. The molecule has 3 aliphatic rings. The van der Waals surface area contributed by atoms with Gasteiger partial charge in [0.25, 0.3) is 11.8 Å². The molecule has 0 spiro atoms. The van der Waals surface area contributed by atoms with Crippen LogP contribution in [0.3, 0.4) is 0 Å². The first-order valence-corrected chi connectivity index (χ1v) is 11.9. The number of carbonyl (C=O) groups is 2. The third kappa shape index (κ3) is 4.98. The summed E-state index contributed by atoms with van der Waals surface area (Å²) in [4.78, 5) is 31.4. The van der Waals surface area contributed by atoms with Crippen molar-refractivity contribution >= 4 is 23.2 Å². The Balaban J connectivity index is 1.29. The summed E-state index contributed by atoms with van der Waals surface area (Å²) in [6.45, 7) is 0.238. The van der Waals surface area contributed by atoms with Crippen LogP contribution in [0.4, 0.5) is 15.8 Å². The van der Waals surface area contributed by atoms with Crippen molar-refractivity contribution in [2.24, 2.45) is 0 Å². The summed E-state index contributed by atoms with van der Waals surface area (Å²) >= 11 is 0. The lowest BCUT2D eigenvalue weighted by molar-refractivity contribution is -0.140. The molecule has 0 bridgehead atoms. The van der Waals surface area contributed by atoms with E-state index < -0.39 is 23.4 Å². The fourth-order valence-corrected chi connectivity index (χ4v) is 4.43. The third-order valence-electron chi connectivity index (χ3n) is 6.58. The molecule has 3 heterocycles. The molecule has 2 aromatic rings. The van der Waals surface area contributed by atoms with Crippen molar-refractivity contribution in [2.75, 3.05) is 37.1 Å². The van der Waals surface area contributed by atoms with Gasteiger partial charge in [0, 0.05) is 18.7 Å². The van der Waals surface area contributed by atoms with Crippen molar-refractivity contribution in [1.82, 2.24) is 10.3 Å². The van der Waals surface area contributed by atoms with Gasteiger partial charge in [0.15, 0.2) is 11.4 Å². The molecule has 0 radical (unpaired) electrons. The fourth-order valence-electron chi connectivity index (χ4n) is 4.43. The largest absolute Gasteiger partial charge is 0.489 e. The van der Waals surface area contributed by atoms with Crippen LogP contribution in [0.15, 0.2) is 30.5 Å². The molecule has 9 nitrogen and oxygen atoms in total. The lowest BCUT2D eigenvalue weighted by atomic mass is 10.0. The predicted octanol–water partition coefficient (Wildman–Crippen LogP) is 1.84. The summed E-state index contributed by atoms with van der Waals surface area (Å²) in [5, 5.41) is 15.9. The number of likely N-dealkylation sites (N-methyl/N-ethyl adjacent to an activating group) is 1. The monoisotopic (exact) mass is 494 g/mol. The van der Waals surface area contributed by atoms with Crippen LogP contribution in [0.5, 0.6) is 5.75 Å². The molecule has 2 amide bonds. The Morgan fingerprint density at radius 3 is 2.78 bits per heavy atom. The second-order valence-corrected chi connectivity index (χ2v) is 9.37. The number of fused-ring (bicyclic) bond motifs is 1.